The Morgan fingerprint density at radius 2 is 2.19 bits per heavy atom. The van der Waals surface area contributed by atoms with Crippen LogP contribution >= 0.6 is 0 Å². The Bertz CT molecular complexity index is 273. The van der Waals surface area contributed by atoms with Crippen LogP contribution in [0.3, 0.4) is 0 Å². The van der Waals surface area contributed by atoms with Crippen LogP contribution in [-0.4, -0.2) is 42.6 Å². The number of rotatable bonds is 4. The Balaban J connectivity index is 1.89. The predicted molar refractivity (Wildman–Crippen MR) is 64.4 cm³/mol. The van der Waals surface area contributed by atoms with Crippen LogP contribution in [0.1, 0.15) is 33.1 Å². The van der Waals surface area contributed by atoms with Crippen molar-refractivity contribution in [3.05, 3.63) is 0 Å². The molecule has 2 N–H and O–H groups in total. The molecule has 2 rings (SSSR count). The lowest BCUT2D eigenvalue weighted by molar-refractivity contribution is 0.198. The zero-order valence-corrected chi connectivity index (χ0v) is 10.5. The highest BCUT2D eigenvalue weighted by Crippen LogP contribution is 2.31. The van der Waals surface area contributed by atoms with E-state index in [1.807, 2.05) is 11.9 Å². The second kappa shape index (κ2) is 4.24. The lowest BCUT2D eigenvalue weighted by Crippen LogP contribution is -2.48. The number of carbonyl (C=O) groups excluding carboxylic acids is 1. The van der Waals surface area contributed by atoms with Gasteiger partial charge in [-0.2, -0.15) is 0 Å². The highest BCUT2D eigenvalue weighted by molar-refractivity contribution is 5.77. The molecule has 1 unspecified atom stereocenters. The molecule has 1 saturated heterocycles. The van der Waals surface area contributed by atoms with Crippen molar-refractivity contribution in [2.45, 2.75) is 44.7 Å². The maximum absolute atomic E-state index is 11.8. The third-order valence-electron chi connectivity index (χ3n) is 3.99. The summed E-state index contributed by atoms with van der Waals surface area (Å²) in [5, 5.41) is 6.35. The van der Waals surface area contributed by atoms with Crippen LogP contribution in [0.4, 0.5) is 4.79 Å². The number of hydrogen-bond acceptors (Lipinski definition) is 2. The van der Waals surface area contributed by atoms with Crippen LogP contribution in [0.15, 0.2) is 0 Å². The zero-order chi connectivity index (χ0) is 11.8. The Morgan fingerprint density at radius 3 is 2.69 bits per heavy atom. The SMILES string of the molecule is CNC(C)(C)CN1CC(C2CCC2)NC1=O. The van der Waals surface area contributed by atoms with Gasteiger partial charge >= 0.3 is 6.03 Å². The van der Waals surface area contributed by atoms with E-state index in [2.05, 4.69) is 24.5 Å². The molecule has 2 aliphatic rings. The summed E-state index contributed by atoms with van der Waals surface area (Å²) in [7, 11) is 1.94. The first kappa shape index (κ1) is 11.7. The maximum Gasteiger partial charge on any atom is 0.317 e. The number of likely N-dealkylation sites (N-methyl/N-ethyl adjacent to an activating group) is 1. The largest absolute Gasteiger partial charge is 0.333 e. The second-order valence-corrected chi connectivity index (χ2v) is 5.76. The van der Waals surface area contributed by atoms with Gasteiger partial charge in [-0.15, -0.1) is 0 Å². The minimum atomic E-state index is -0.00809. The van der Waals surface area contributed by atoms with E-state index in [1.54, 1.807) is 0 Å². The van der Waals surface area contributed by atoms with Gasteiger partial charge in [0.05, 0.1) is 6.04 Å². The van der Waals surface area contributed by atoms with E-state index in [-0.39, 0.29) is 11.6 Å². The van der Waals surface area contributed by atoms with Crippen LogP contribution in [0.25, 0.3) is 0 Å². The van der Waals surface area contributed by atoms with Crippen LogP contribution < -0.4 is 10.6 Å². The van der Waals surface area contributed by atoms with Gasteiger partial charge in [0, 0.05) is 18.6 Å². The molecule has 0 aromatic rings. The molecule has 0 spiro atoms. The van der Waals surface area contributed by atoms with Crippen molar-refractivity contribution < 1.29 is 4.79 Å². The molecule has 92 valence electrons. The summed E-state index contributed by atoms with van der Waals surface area (Å²) < 4.78 is 0. The molecular formula is C12H23N3O. The molecule has 1 heterocycles. The quantitative estimate of drug-likeness (QED) is 0.754. The Hall–Kier alpha value is -0.770. The molecule has 0 aromatic heterocycles. The van der Waals surface area contributed by atoms with Crippen LogP contribution in [0, 0.1) is 5.92 Å². The molecule has 0 bridgehead atoms. The van der Waals surface area contributed by atoms with Gasteiger partial charge in [0.1, 0.15) is 0 Å². The molecule has 1 atom stereocenters. The van der Waals surface area contributed by atoms with Crippen molar-refractivity contribution in [1.82, 2.24) is 15.5 Å². The second-order valence-electron chi connectivity index (χ2n) is 5.76. The Morgan fingerprint density at radius 1 is 1.50 bits per heavy atom. The summed E-state index contributed by atoms with van der Waals surface area (Å²) >= 11 is 0. The average molecular weight is 225 g/mol. The molecule has 0 radical (unpaired) electrons. The number of carbonyl (C=O) groups is 1. The highest BCUT2D eigenvalue weighted by Gasteiger charge is 2.38. The third-order valence-corrected chi connectivity index (χ3v) is 3.99. The van der Waals surface area contributed by atoms with Gasteiger partial charge in [-0.05, 0) is 39.7 Å². The zero-order valence-electron chi connectivity index (χ0n) is 10.5. The first-order chi connectivity index (χ1) is 7.52. The van der Waals surface area contributed by atoms with Crippen LogP contribution in [-0.2, 0) is 0 Å². The van der Waals surface area contributed by atoms with E-state index >= 15 is 0 Å². The van der Waals surface area contributed by atoms with E-state index < -0.39 is 0 Å². The lowest BCUT2D eigenvalue weighted by atomic mass is 9.80. The molecule has 2 fully saturated rings. The summed E-state index contributed by atoms with van der Waals surface area (Å²) in [6.45, 7) is 5.90. The van der Waals surface area contributed by atoms with Crippen molar-refractivity contribution in [3.63, 3.8) is 0 Å². The van der Waals surface area contributed by atoms with Crippen molar-refractivity contribution >= 4 is 6.03 Å². The molecule has 2 amide bonds. The van der Waals surface area contributed by atoms with Gasteiger partial charge < -0.3 is 15.5 Å². The van der Waals surface area contributed by atoms with Crippen molar-refractivity contribution in [3.8, 4) is 0 Å². The van der Waals surface area contributed by atoms with E-state index in [1.165, 1.54) is 19.3 Å². The van der Waals surface area contributed by atoms with Crippen molar-refractivity contribution in [2.75, 3.05) is 20.1 Å². The first-order valence-electron chi connectivity index (χ1n) is 6.26. The molecule has 16 heavy (non-hydrogen) atoms. The van der Waals surface area contributed by atoms with Crippen LogP contribution in [0.2, 0.25) is 0 Å². The predicted octanol–water partition coefficient (Wildman–Crippen LogP) is 1.18. The van der Waals surface area contributed by atoms with Crippen molar-refractivity contribution in [2.24, 2.45) is 5.92 Å². The normalized spacial score (nSPS) is 26.8. The topological polar surface area (TPSA) is 44.4 Å². The minimum absolute atomic E-state index is 0.00809. The van der Waals surface area contributed by atoms with E-state index in [0.717, 1.165) is 19.0 Å². The highest BCUT2D eigenvalue weighted by atomic mass is 16.2. The van der Waals surface area contributed by atoms with Gasteiger partial charge in [0.2, 0.25) is 0 Å². The fraction of sp³-hybridized carbons (Fsp3) is 0.917. The summed E-state index contributed by atoms with van der Waals surface area (Å²) in [5.74, 6) is 0.728. The van der Waals surface area contributed by atoms with Gasteiger partial charge in [-0.25, -0.2) is 4.79 Å². The summed E-state index contributed by atoms with van der Waals surface area (Å²) in [5.41, 5.74) is -0.00809. The Kier molecular flexibility index (Phi) is 3.10. The number of hydrogen-bond donors (Lipinski definition) is 2. The molecule has 1 saturated carbocycles. The minimum Gasteiger partial charge on any atom is -0.333 e. The molecule has 4 heteroatoms. The summed E-state index contributed by atoms with van der Waals surface area (Å²) in [4.78, 5) is 13.8. The van der Waals surface area contributed by atoms with Crippen LogP contribution in [0.5, 0.6) is 0 Å². The van der Waals surface area contributed by atoms with Gasteiger partial charge in [0.15, 0.2) is 0 Å². The lowest BCUT2D eigenvalue weighted by Gasteiger charge is -2.32. The monoisotopic (exact) mass is 225 g/mol. The molecule has 1 aliphatic carbocycles. The molecule has 4 nitrogen and oxygen atoms in total. The molecule has 1 aliphatic heterocycles. The number of amides is 2. The summed E-state index contributed by atoms with van der Waals surface area (Å²) in [6.07, 6.45) is 3.90. The smallest absolute Gasteiger partial charge is 0.317 e. The van der Waals surface area contributed by atoms with Gasteiger partial charge in [-0.1, -0.05) is 6.42 Å². The fourth-order valence-corrected chi connectivity index (χ4v) is 2.42. The number of nitrogens with zero attached hydrogens (tertiary/aromatic N) is 1. The standard InChI is InChI=1S/C12H23N3O/c1-12(2,13-3)8-15-7-10(14-11(15)16)9-5-4-6-9/h9-10,13H,4-8H2,1-3H3,(H,14,16). The number of urea groups is 1. The van der Waals surface area contributed by atoms with E-state index in [0.29, 0.717) is 6.04 Å². The Labute approximate surface area is 97.8 Å². The van der Waals surface area contributed by atoms with E-state index in [4.69, 9.17) is 0 Å². The van der Waals surface area contributed by atoms with Gasteiger partial charge in [0.25, 0.3) is 0 Å². The van der Waals surface area contributed by atoms with E-state index in [9.17, 15) is 4.79 Å². The molecular weight excluding hydrogens is 202 g/mol. The van der Waals surface area contributed by atoms with Gasteiger partial charge in [-0.3, -0.25) is 0 Å². The third kappa shape index (κ3) is 2.32. The first-order valence-corrected chi connectivity index (χ1v) is 6.26. The average Bonchev–Trinajstić information content (AvgIpc) is 2.44. The maximum atomic E-state index is 11.8. The molecule has 0 aromatic carbocycles. The number of nitrogens with one attached hydrogen (secondary N) is 2. The fourth-order valence-electron chi connectivity index (χ4n) is 2.42. The summed E-state index contributed by atoms with van der Waals surface area (Å²) in [6, 6.07) is 0.508. The van der Waals surface area contributed by atoms with Crippen molar-refractivity contribution in [1.29, 1.82) is 0 Å².